The number of carbonyl (C=O) groups is 2. The highest BCUT2D eigenvalue weighted by atomic mass is 32.2. The summed E-state index contributed by atoms with van der Waals surface area (Å²) in [5.41, 5.74) is 0.569. The third kappa shape index (κ3) is 7.89. The van der Waals surface area contributed by atoms with Crippen LogP contribution in [0.3, 0.4) is 0 Å². The molecule has 1 amide bonds. The lowest BCUT2D eigenvalue weighted by Gasteiger charge is -2.35. The fourth-order valence-electron chi connectivity index (χ4n) is 2.72. The van der Waals surface area contributed by atoms with Crippen molar-refractivity contribution in [1.82, 2.24) is 9.62 Å². The van der Waals surface area contributed by atoms with Crippen molar-refractivity contribution in [3.05, 3.63) is 57.8 Å². The van der Waals surface area contributed by atoms with Gasteiger partial charge in [-0.25, -0.2) is 17.9 Å². The van der Waals surface area contributed by atoms with Crippen LogP contribution in [0.25, 0.3) is 0 Å². The fraction of sp³-hybridized carbons (Fsp3) is 0.429. The van der Waals surface area contributed by atoms with Crippen molar-refractivity contribution in [2.24, 2.45) is 0 Å². The lowest BCUT2D eigenvalue weighted by Crippen LogP contribution is -2.46. The third-order valence-corrected chi connectivity index (χ3v) is 6.07. The maximum absolute atomic E-state index is 12.8. The van der Waals surface area contributed by atoms with Crippen LogP contribution in [0, 0.1) is 0 Å². The summed E-state index contributed by atoms with van der Waals surface area (Å²) in [6.45, 7) is 6.15. The van der Waals surface area contributed by atoms with E-state index in [0.29, 0.717) is 17.8 Å². The van der Waals surface area contributed by atoms with Gasteiger partial charge in [0.25, 0.3) is 5.91 Å². The van der Waals surface area contributed by atoms with Gasteiger partial charge in [-0.15, -0.1) is 11.3 Å². The normalized spacial score (nSPS) is 11.9. The van der Waals surface area contributed by atoms with Crippen LogP contribution >= 0.6 is 11.3 Å². The Balaban J connectivity index is 1.93. The van der Waals surface area contributed by atoms with Crippen LogP contribution in [0.2, 0.25) is 0 Å². The number of nitrogens with zero attached hydrogens (tertiary/aromatic N) is 1. The first-order valence-corrected chi connectivity index (χ1v) is 12.2. The molecule has 0 spiro atoms. The van der Waals surface area contributed by atoms with Crippen molar-refractivity contribution in [3.8, 4) is 0 Å². The van der Waals surface area contributed by atoms with E-state index < -0.39 is 21.5 Å². The van der Waals surface area contributed by atoms with Gasteiger partial charge in [0.05, 0.1) is 6.26 Å². The van der Waals surface area contributed by atoms with Gasteiger partial charge in [0.1, 0.15) is 4.88 Å². The molecule has 0 aliphatic rings. The molecule has 2 aromatic rings. The van der Waals surface area contributed by atoms with Crippen LogP contribution in [0.1, 0.15) is 40.9 Å². The Kier molecular flexibility index (Phi) is 8.17. The van der Waals surface area contributed by atoms with Crippen molar-refractivity contribution >= 4 is 33.2 Å². The number of nitrogens with one attached hydrogen (secondary N) is 1. The molecule has 0 unspecified atom stereocenters. The summed E-state index contributed by atoms with van der Waals surface area (Å²) in [5.74, 6) is -0.835. The number of esters is 1. The Morgan fingerprint density at radius 2 is 1.77 bits per heavy atom. The molecule has 30 heavy (non-hydrogen) atoms. The standard InChI is InChI=1S/C21H28N2O5S2/c1-21(2,3)23(14-16-8-6-5-7-9-16)19(24)15-28-20(25)18-11-10-17(29-18)12-13-22-30(4,26)27/h5-11,22H,12-15H2,1-4H3. The lowest BCUT2D eigenvalue weighted by atomic mass is 10.0. The Bertz CT molecular complexity index is 963. The van der Waals surface area contributed by atoms with Crippen LogP contribution in [0.15, 0.2) is 42.5 Å². The van der Waals surface area contributed by atoms with Gasteiger partial charge in [0.15, 0.2) is 6.61 Å². The minimum Gasteiger partial charge on any atom is -0.451 e. The zero-order chi connectivity index (χ0) is 22.4. The Labute approximate surface area is 182 Å². The van der Waals surface area contributed by atoms with Crippen molar-refractivity contribution in [2.75, 3.05) is 19.4 Å². The average molecular weight is 453 g/mol. The molecule has 1 N–H and O–H groups in total. The van der Waals surface area contributed by atoms with E-state index in [2.05, 4.69) is 4.72 Å². The maximum atomic E-state index is 12.8. The molecule has 7 nitrogen and oxygen atoms in total. The predicted molar refractivity (Wildman–Crippen MR) is 118 cm³/mol. The molecule has 0 saturated carbocycles. The Morgan fingerprint density at radius 3 is 2.37 bits per heavy atom. The number of carbonyl (C=O) groups excluding carboxylic acids is 2. The van der Waals surface area contributed by atoms with Gasteiger partial charge < -0.3 is 9.64 Å². The molecular weight excluding hydrogens is 424 g/mol. The quantitative estimate of drug-likeness (QED) is 0.591. The molecule has 0 aliphatic heterocycles. The molecule has 0 bridgehead atoms. The van der Waals surface area contributed by atoms with Gasteiger partial charge in [-0.2, -0.15) is 0 Å². The first-order chi connectivity index (χ1) is 14.0. The third-order valence-electron chi connectivity index (χ3n) is 4.22. The minimum atomic E-state index is -3.24. The highest BCUT2D eigenvalue weighted by molar-refractivity contribution is 7.88. The summed E-state index contributed by atoms with van der Waals surface area (Å²) in [4.78, 5) is 28.0. The van der Waals surface area contributed by atoms with E-state index in [9.17, 15) is 18.0 Å². The lowest BCUT2D eigenvalue weighted by molar-refractivity contribution is -0.140. The number of ether oxygens (including phenoxy) is 1. The summed E-state index contributed by atoms with van der Waals surface area (Å²) >= 11 is 1.23. The number of amides is 1. The number of hydrogen-bond donors (Lipinski definition) is 1. The molecule has 1 heterocycles. The number of rotatable bonds is 9. The van der Waals surface area contributed by atoms with Crippen LogP contribution in [0.5, 0.6) is 0 Å². The van der Waals surface area contributed by atoms with Gasteiger partial charge in [-0.05, 0) is 44.9 Å². The number of sulfonamides is 1. The second-order valence-corrected chi connectivity index (χ2v) is 10.9. The van der Waals surface area contributed by atoms with Gasteiger partial charge in [-0.3, -0.25) is 4.79 Å². The van der Waals surface area contributed by atoms with Gasteiger partial charge in [0, 0.05) is 23.5 Å². The van der Waals surface area contributed by atoms with Crippen molar-refractivity contribution in [2.45, 2.75) is 39.3 Å². The molecule has 9 heteroatoms. The van der Waals surface area contributed by atoms with Crippen molar-refractivity contribution < 1.29 is 22.7 Å². The average Bonchev–Trinajstić information content (AvgIpc) is 3.12. The summed E-state index contributed by atoms with van der Waals surface area (Å²) in [6, 6.07) is 13.0. The highest BCUT2D eigenvalue weighted by Gasteiger charge is 2.27. The largest absolute Gasteiger partial charge is 0.451 e. The molecule has 0 atom stereocenters. The molecule has 0 saturated heterocycles. The molecule has 1 aromatic carbocycles. The SMILES string of the molecule is CC(C)(C)N(Cc1ccccc1)C(=O)COC(=O)c1ccc(CCNS(C)(=O)=O)s1. The number of benzene rings is 1. The smallest absolute Gasteiger partial charge is 0.348 e. The van der Waals surface area contributed by atoms with E-state index in [1.165, 1.54) is 11.3 Å². The van der Waals surface area contributed by atoms with Crippen LogP contribution in [0.4, 0.5) is 0 Å². The predicted octanol–water partition coefficient (Wildman–Crippen LogP) is 2.82. The Morgan fingerprint density at radius 1 is 1.10 bits per heavy atom. The first kappa shape index (κ1) is 24.0. The molecule has 164 valence electrons. The zero-order valence-electron chi connectivity index (χ0n) is 17.7. The Hall–Kier alpha value is -2.23. The number of hydrogen-bond acceptors (Lipinski definition) is 6. The van der Waals surface area contributed by atoms with Crippen molar-refractivity contribution in [3.63, 3.8) is 0 Å². The summed E-state index contributed by atoms with van der Waals surface area (Å²) < 4.78 is 29.9. The van der Waals surface area contributed by atoms with E-state index in [1.54, 1.807) is 17.0 Å². The van der Waals surface area contributed by atoms with E-state index in [0.717, 1.165) is 16.7 Å². The van der Waals surface area contributed by atoms with Gasteiger partial charge in [-0.1, -0.05) is 30.3 Å². The molecule has 2 rings (SSSR count). The van der Waals surface area contributed by atoms with Crippen LogP contribution < -0.4 is 4.72 Å². The van der Waals surface area contributed by atoms with Gasteiger partial charge in [0.2, 0.25) is 10.0 Å². The summed E-state index contributed by atoms with van der Waals surface area (Å²) in [5, 5.41) is 0. The van der Waals surface area contributed by atoms with Gasteiger partial charge >= 0.3 is 5.97 Å². The van der Waals surface area contributed by atoms with Crippen LogP contribution in [-0.4, -0.2) is 50.1 Å². The second-order valence-electron chi connectivity index (χ2n) is 7.89. The monoisotopic (exact) mass is 452 g/mol. The summed E-state index contributed by atoms with van der Waals surface area (Å²) in [6.07, 6.45) is 1.57. The number of thiophene rings is 1. The van der Waals surface area contributed by atoms with E-state index in [-0.39, 0.29) is 19.1 Å². The second kappa shape index (κ2) is 10.2. The topological polar surface area (TPSA) is 92.8 Å². The highest BCUT2D eigenvalue weighted by Crippen LogP contribution is 2.20. The van der Waals surface area contributed by atoms with Crippen molar-refractivity contribution in [1.29, 1.82) is 0 Å². The van der Waals surface area contributed by atoms with E-state index in [4.69, 9.17) is 4.74 Å². The maximum Gasteiger partial charge on any atom is 0.348 e. The first-order valence-electron chi connectivity index (χ1n) is 9.50. The fourth-order valence-corrected chi connectivity index (χ4v) is 4.10. The van der Waals surface area contributed by atoms with E-state index in [1.807, 2.05) is 51.1 Å². The summed E-state index contributed by atoms with van der Waals surface area (Å²) in [7, 11) is -3.24. The molecule has 1 aromatic heterocycles. The minimum absolute atomic E-state index is 0.256. The molecular formula is C21H28N2O5S2. The zero-order valence-corrected chi connectivity index (χ0v) is 19.3. The van der Waals surface area contributed by atoms with E-state index >= 15 is 0 Å². The molecule has 0 fully saturated rings. The molecule has 0 aliphatic carbocycles. The molecule has 0 radical (unpaired) electrons. The van der Waals surface area contributed by atoms with Crippen LogP contribution in [-0.2, 0) is 32.5 Å².